The maximum Gasteiger partial charge on any atom is 0.200 e. The molecule has 1 aromatic carbocycles. The van der Waals surface area contributed by atoms with E-state index in [-0.39, 0.29) is 5.82 Å². The number of nitrogens with zero attached hydrogens (tertiary/aromatic N) is 3. The first-order chi connectivity index (χ1) is 9.66. The molecule has 0 amide bonds. The summed E-state index contributed by atoms with van der Waals surface area (Å²) in [7, 11) is 0. The van der Waals surface area contributed by atoms with Gasteiger partial charge in [-0.3, -0.25) is 14.6 Å². The van der Waals surface area contributed by atoms with Crippen LogP contribution in [0, 0.1) is 10.6 Å². The van der Waals surface area contributed by atoms with Gasteiger partial charge in [-0.1, -0.05) is 0 Å². The fourth-order valence-electron chi connectivity index (χ4n) is 1.86. The van der Waals surface area contributed by atoms with Gasteiger partial charge in [0.15, 0.2) is 10.6 Å². The van der Waals surface area contributed by atoms with Crippen LogP contribution in [0.2, 0.25) is 0 Å². The van der Waals surface area contributed by atoms with Crippen LogP contribution in [0.5, 0.6) is 0 Å². The number of hydrogen-bond acceptors (Lipinski definition) is 3. The van der Waals surface area contributed by atoms with E-state index in [9.17, 15) is 4.39 Å². The molecule has 0 radical (unpaired) electrons. The second-order valence-electron chi connectivity index (χ2n) is 4.02. The third-order valence-corrected chi connectivity index (χ3v) is 3.65. The molecule has 20 heavy (non-hydrogen) atoms. The number of aromatic nitrogens is 4. The number of rotatable bonds is 2. The number of halogens is 2. The largest absolute Gasteiger partial charge is 0.268 e. The van der Waals surface area contributed by atoms with E-state index in [1.165, 1.54) is 6.07 Å². The van der Waals surface area contributed by atoms with Crippen LogP contribution < -0.4 is 0 Å². The number of benzene rings is 1. The van der Waals surface area contributed by atoms with Gasteiger partial charge in [0.1, 0.15) is 5.82 Å². The molecular weight excluding hydrogens is 343 g/mol. The summed E-state index contributed by atoms with van der Waals surface area (Å²) in [5.41, 5.74) is 1.59. The first-order valence-electron chi connectivity index (χ1n) is 5.70. The Balaban J connectivity index is 2.22. The molecule has 0 saturated carbocycles. The topological polar surface area (TPSA) is 46.5 Å². The smallest absolute Gasteiger partial charge is 0.200 e. The van der Waals surface area contributed by atoms with Crippen molar-refractivity contribution in [3.05, 3.63) is 57.8 Å². The van der Waals surface area contributed by atoms with E-state index < -0.39 is 0 Å². The summed E-state index contributed by atoms with van der Waals surface area (Å²) in [5, 5.41) is 6.98. The highest BCUT2D eigenvalue weighted by Gasteiger charge is 2.11. The normalized spacial score (nSPS) is 10.7. The Morgan fingerprint density at radius 3 is 2.65 bits per heavy atom. The minimum atomic E-state index is -0.325. The summed E-state index contributed by atoms with van der Waals surface area (Å²) >= 11 is 8.43. The van der Waals surface area contributed by atoms with Crippen LogP contribution in [0.4, 0.5) is 4.39 Å². The zero-order chi connectivity index (χ0) is 14.1. The first kappa shape index (κ1) is 13.1. The highest BCUT2D eigenvalue weighted by molar-refractivity contribution is 9.10. The second-order valence-corrected chi connectivity index (χ2v) is 5.26. The van der Waals surface area contributed by atoms with Crippen molar-refractivity contribution in [1.82, 2.24) is 19.7 Å². The molecule has 2 aromatic heterocycles. The fourth-order valence-corrected chi connectivity index (χ4v) is 2.46. The van der Waals surface area contributed by atoms with Crippen molar-refractivity contribution in [3.63, 3.8) is 0 Å². The van der Waals surface area contributed by atoms with Gasteiger partial charge in [0.2, 0.25) is 0 Å². The first-order valence-corrected chi connectivity index (χ1v) is 6.90. The molecule has 0 saturated heterocycles. The lowest BCUT2D eigenvalue weighted by Crippen LogP contribution is -1.98. The van der Waals surface area contributed by atoms with Gasteiger partial charge in [-0.25, -0.2) is 4.39 Å². The molecular formula is C13H8BrFN4S. The summed E-state index contributed by atoms with van der Waals surface area (Å²) in [4.78, 5) is 3.98. The molecule has 0 aliphatic heterocycles. The van der Waals surface area contributed by atoms with Crippen LogP contribution in [-0.4, -0.2) is 19.7 Å². The van der Waals surface area contributed by atoms with Crippen molar-refractivity contribution in [2.24, 2.45) is 0 Å². The maximum absolute atomic E-state index is 13.4. The summed E-state index contributed by atoms with van der Waals surface area (Å²) in [6, 6.07) is 8.35. The zero-order valence-electron chi connectivity index (χ0n) is 10.0. The minimum Gasteiger partial charge on any atom is -0.268 e. The Labute approximate surface area is 127 Å². The monoisotopic (exact) mass is 350 g/mol. The van der Waals surface area contributed by atoms with E-state index in [0.29, 0.717) is 15.1 Å². The predicted molar refractivity (Wildman–Crippen MR) is 79.6 cm³/mol. The van der Waals surface area contributed by atoms with Gasteiger partial charge < -0.3 is 0 Å². The molecule has 0 bridgehead atoms. The lowest BCUT2D eigenvalue weighted by molar-refractivity contribution is 0.620. The van der Waals surface area contributed by atoms with Crippen molar-refractivity contribution in [2.75, 3.05) is 0 Å². The highest BCUT2D eigenvalue weighted by Crippen LogP contribution is 2.24. The molecule has 0 unspecified atom stereocenters. The van der Waals surface area contributed by atoms with Gasteiger partial charge in [-0.2, -0.15) is 5.10 Å². The van der Waals surface area contributed by atoms with Gasteiger partial charge >= 0.3 is 0 Å². The van der Waals surface area contributed by atoms with Crippen molar-refractivity contribution >= 4 is 28.1 Å². The molecule has 7 heteroatoms. The Bertz CT molecular complexity index is 813. The minimum absolute atomic E-state index is 0.325. The summed E-state index contributed by atoms with van der Waals surface area (Å²) in [5.74, 6) is 0.324. The number of nitrogens with one attached hydrogen (secondary N) is 1. The molecule has 1 N–H and O–H groups in total. The quantitative estimate of drug-likeness (QED) is 0.713. The van der Waals surface area contributed by atoms with Gasteiger partial charge in [-0.15, -0.1) is 0 Å². The van der Waals surface area contributed by atoms with Crippen LogP contribution in [-0.2, 0) is 0 Å². The predicted octanol–water partition coefficient (Wildman–Crippen LogP) is 3.89. The zero-order valence-corrected chi connectivity index (χ0v) is 12.4. The van der Waals surface area contributed by atoms with E-state index in [2.05, 4.69) is 31.1 Å². The van der Waals surface area contributed by atoms with E-state index in [4.69, 9.17) is 12.2 Å². The van der Waals surface area contributed by atoms with E-state index >= 15 is 0 Å². The summed E-state index contributed by atoms with van der Waals surface area (Å²) < 4.78 is 15.9. The highest BCUT2D eigenvalue weighted by atomic mass is 79.9. The van der Waals surface area contributed by atoms with Crippen LogP contribution in [0.3, 0.4) is 0 Å². The van der Waals surface area contributed by atoms with Crippen molar-refractivity contribution in [3.8, 4) is 17.1 Å². The number of aromatic amines is 1. The van der Waals surface area contributed by atoms with Crippen LogP contribution in [0.25, 0.3) is 17.1 Å². The average molecular weight is 351 g/mol. The lowest BCUT2D eigenvalue weighted by atomic mass is 10.2. The molecule has 0 aliphatic rings. The van der Waals surface area contributed by atoms with Crippen LogP contribution >= 0.6 is 28.1 Å². The SMILES string of the molecule is Fc1ccc(-n2c(-c3ccncc3)n[nH]c2=S)cc1Br. The van der Waals surface area contributed by atoms with Crippen molar-refractivity contribution in [2.45, 2.75) is 0 Å². The second kappa shape index (κ2) is 5.26. The van der Waals surface area contributed by atoms with E-state index in [0.717, 1.165) is 11.3 Å². The molecule has 0 fully saturated rings. The molecule has 0 aliphatic carbocycles. The standard InChI is InChI=1S/C13H8BrFN4S/c14-10-7-9(1-2-11(10)15)19-12(17-18-13(19)20)8-3-5-16-6-4-8/h1-7H,(H,18,20). The van der Waals surface area contributed by atoms with Gasteiger partial charge in [0.25, 0.3) is 0 Å². The Kier molecular flexibility index (Phi) is 3.45. The van der Waals surface area contributed by atoms with Crippen molar-refractivity contribution < 1.29 is 4.39 Å². The molecule has 3 aromatic rings. The molecule has 0 atom stereocenters. The third-order valence-electron chi connectivity index (χ3n) is 2.77. The Hall–Kier alpha value is -1.86. The van der Waals surface area contributed by atoms with E-state index in [1.807, 2.05) is 12.1 Å². The molecule has 0 spiro atoms. The van der Waals surface area contributed by atoms with Gasteiger partial charge in [-0.05, 0) is 58.5 Å². The number of H-pyrrole nitrogens is 1. The van der Waals surface area contributed by atoms with Gasteiger partial charge in [0.05, 0.1) is 10.2 Å². The Morgan fingerprint density at radius 2 is 1.95 bits per heavy atom. The number of hydrogen-bond donors (Lipinski definition) is 1. The van der Waals surface area contributed by atoms with Crippen LogP contribution in [0.15, 0.2) is 47.2 Å². The molecule has 4 nitrogen and oxygen atoms in total. The summed E-state index contributed by atoms with van der Waals surface area (Å²) in [6.07, 6.45) is 3.36. The summed E-state index contributed by atoms with van der Waals surface area (Å²) in [6.45, 7) is 0. The molecule has 100 valence electrons. The van der Waals surface area contributed by atoms with Gasteiger partial charge in [0, 0.05) is 18.0 Å². The van der Waals surface area contributed by atoms with E-state index in [1.54, 1.807) is 29.1 Å². The third kappa shape index (κ3) is 2.30. The molecule has 3 rings (SSSR count). The number of pyridine rings is 1. The maximum atomic E-state index is 13.4. The molecule has 2 heterocycles. The fraction of sp³-hybridized carbons (Fsp3) is 0. The van der Waals surface area contributed by atoms with Crippen LogP contribution in [0.1, 0.15) is 0 Å². The average Bonchev–Trinajstić information content (AvgIpc) is 2.85. The lowest BCUT2D eigenvalue weighted by Gasteiger charge is -2.07. The van der Waals surface area contributed by atoms with Crippen molar-refractivity contribution in [1.29, 1.82) is 0 Å². The Morgan fingerprint density at radius 1 is 1.20 bits per heavy atom.